The van der Waals surface area contributed by atoms with Gasteiger partial charge in [-0.1, -0.05) is 177 Å². The SMILES string of the molecule is CC(C)c1cc(-c2ccccc2)cc(C(C)C)c1-n1c(-c2cc(C(C)(C)C)cc(C(C)(C)C)c2O)nc2ccccc21.[Pt].[c-]1cc2c3ccccc3oc2c2c1c1ncccc1c1ccccc12. The van der Waals surface area contributed by atoms with Gasteiger partial charge in [-0.3, -0.25) is 4.57 Å². The molecule has 0 atom stereocenters. The summed E-state index contributed by atoms with van der Waals surface area (Å²) < 4.78 is 8.60. The van der Waals surface area contributed by atoms with Crippen LogP contribution in [0, 0.1) is 6.07 Å². The third kappa shape index (κ3) is 8.09. The third-order valence-electron chi connectivity index (χ3n) is 13.3. The molecule has 68 heavy (non-hydrogen) atoms. The Balaban J connectivity index is 0.000000187. The summed E-state index contributed by atoms with van der Waals surface area (Å²) in [7, 11) is 0. The van der Waals surface area contributed by atoms with E-state index in [4.69, 9.17) is 9.40 Å². The van der Waals surface area contributed by atoms with Gasteiger partial charge in [0.25, 0.3) is 0 Å². The Morgan fingerprint density at radius 3 is 1.91 bits per heavy atom. The molecule has 344 valence electrons. The second kappa shape index (κ2) is 17.8. The van der Waals surface area contributed by atoms with Crippen LogP contribution in [-0.2, 0) is 31.9 Å². The van der Waals surface area contributed by atoms with Crippen LogP contribution in [0.15, 0.2) is 156 Å². The summed E-state index contributed by atoms with van der Waals surface area (Å²) in [6.07, 6.45) is 1.84. The van der Waals surface area contributed by atoms with Crippen molar-refractivity contribution in [2.45, 2.75) is 91.9 Å². The zero-order valence-corrected chi connectivity index (χ0v) is 42.9. The minimum absolute atomic E-state index is 0. The molecule has 0 aliphatic rings. The number of rotatable bonds is 5. The van der Waals surface area contributed by atoms with Crippen molar-refractivity contribution in [2.24, 2.45) is 0 Å². The number of para-hydroxylation sites is 3. The molecule has 0 unspecified atom stereocenters. The second-order valence-electron chi connectivity index (χ2n) is 20.7. The van der Waals surface area contributed by atoms with Crippen molar-refractivity contribution in [3.8, 4) is 34.0 Å². The number of aromatic hydroxyl groups is 1. The monoisotopic (exact) mass is 1070 g/mol. The molecule has 0 fully saturated rings. The zero-order valence-electron chi connectivity index (χ0n) is 40.6. The number of fused-ring (bicyclic) bond motifs is 11. The summed E-state index contributed by atoms with van der Waals surface area (Å²) in [5, 5.41) is 19.8. The second-order valence-corrected chi connectivity index (χ2v) is 20.7. The standard InChI is InChI=1S/C39H46N2O.C23H12NO.Pt/c1-24(2)29-20-27(26-16-12-11-13-17-26)21-30(25(3)4)35(29)41-34-19-15-14-18-33(34)40-37(41)31-22-28(38(5,6)7)23-32(36(31)42)39(8,9)10;1-2-8-16-14(6-1)17-9-5-13-24-22(17)19-12-11-18-15-7-3-4-10-20(15)25-23(18)21(16)19;/h11-25,42H,1-10H3;1-11,13H;/q;-1;. The van der Waals surface area contributed by atoms with E-state index in [1.165, 1.54) is 44.3 Å². The molecule has 8 aromatic carbocycles. The number of nitrogens with zero attached hydrogens (tertiary/aromatic N) is 3. The molecule has 3 aromatic heterocycles. The summed E-state index contributed by atoms with van der Waals surface area (Å²) in [4.78, 5) is 9.90. The molecular weight excluding hydrogens is 1010 g/mol. The average molecular weight is 1070 g/mol. The van der Waals surface area contributed by atoms with Crippen LogP contribution in [0.4, 0.5) is 0 Å². The molecule has 0 saturated carbocycles. The van der Waals surface area contributed by atoms with E-state index < -0.39 is 0 Å². The normalized spacial score (nSPS) is 12.2. The van der Waals surface area contributed by atoms with Gasteiger partial charge in [0.1, 0.15) is 17.2 Å². The Hall–Kier alpha value is -6.55. The van der Waals surface area contributed by atoms with Crippen LogP contribution in [0.2, 0.25) is 0 Å². The van der Waals surface area contributed by atoms with Gasteiger partial charge < -0.3 is 14.5 Å². The van der Waals surface area contributed by atoms with Crippen molar-refractivity contribution in [1.29, 1.82) is 0 Å². The van der Waals surface area contributed by atoms with E-state index in [0.717, 1.165) is 71.6 Å². The number of phenols is 1. The van der Waals surface area contributed by atoms with Crippen molar-refractivity contribution < 1.29 is 30.6 Å². The molecule has 11 rings (SSSR count). The third-order valence-corrected chi connectivity index (χ3v) is 13.3. The smallest absolute Gasteiger partial charge is 0.149 e. The molecule has 0 aliphatic carbocycles. The number of furan rings is 1. The summed E-state index contributed by atoms with van der Waals surface area (Å²) in [5.41, 5.74) is 13.5. The van der Waals surface area contributed by atoms with Crippen LogP contribution in [0.25, 0.3) is 93.6 Å². The first-order valence-corrected chi connectivity index (χ1v) is 23.6. The van der Waals surface area contributed by atoms with Crippen LogP contribution < -0.4 is 0 Å². The summed E-state index contributed by atoms with van der Waals surface area (Å²) >= 11 is 0. The molecular formula is C62H58N3O2Pt-. The number of aromatic nitrogens is 3. The Kier molecular flexibility index (Phi) is 12.2. The number of hydrogen-bond acceptors (Lipinski definition) is 4. The molecule has 6 heteroatoms. The first kappa shape index (κ1) is 46.6. The molecule has 0 spiro atoms. The topological polar surface area (TPSA) is 64.1 Å². The zero-order chi connectivity index (χ0) is 46.9. The van der Waals surface area contributed by atoms with Gasteiger partial charge in [-0.05, 0) is 120 Å². The molecule has 0 saturated heterocycles. The van der Waals surface area contributed by atoms with Crippen molar-refractivity contribution in [2.75, 3.05) is 0 Å². The number of benzene rings is 8. The summed E-state index contributed by atoms with van der Waals surface area (Å²) in [5.74, 6) is 1.64. The van der Waals surface area contributed by atoms with Crippen LogP contribution in [-0.4, -0.2) is 19.6 Å². The van der Waals surface area contributed by atoms with E-state index >= 15 is 0 Å². The van der Waals surface area contributed by atoms with Gasteiger partial charge >= 0.3 is 0 Å². The Morgan fingerprint density at radius 2 is 1.24 bits per heavy atom. The summed E-state index contributed by atoms with van der Waals surface area (Å²) in [6, 6.07) is 54.3. The Morgan fingerprint density at radius 1 is 0.618 bits per heavy atom. The number of hydrogen-bond donors (Lipinski definition) is 1. The van der Waals surface area contributed by atoms with E-state index in [0.29, 0.717) is 5.75 Å². The van der Waals surface area contributed by atoms with Crippen LogP contribution >= 0.6 is 0 Å². The van der Waals surface area contributed by atoms with Gasteiger partial charge in [-0.15, -0.1) is 17.5 Å². The van der Waals surface area contributed by atoms with E-state index in [9.17, 15) is 5.11 Å². The summed E-state index contributed by atoms with van der Waals surface area (Å²) in [6.45, 7) is 22.3. The number of imidazole rings is 1. The first-order chi connectivity index (χ1) is 32.1. The van der Waals surface area contributed by atoms with Crippen LogP contribution in [0.1, 0.15) is 103 Å². The van der Waals surface area contributed by atoms with Crippen molar-refractivity contribution >= 4 is 65.4 Å². The average Bonchev–Trinajstić information content (AvgIpc) is 3.90. The van der Waals surface area contributed by atoms with E-state index in [-0.39, 0.29) is 43.7 Å². The molecule has 3 heterocycles. The van der Waals surface area contributed by atoms with Gasteiger partial charge in [-0.2, -0.15) is 0 Å². The van der Waals surface area contributed by atoms with Crippen molar-refractivity contribution in [3.63, 3.8) is 0 Å². The molecule has 11 aromatic rings. The minimum atomic E-state index is -0.236. The van der Waals surface area contributed by atoms with Crippen LogP contribution in [0.5, 0.6) is 5.75 Å². The van der Waals surface area contributed by atoms with Gasteiger partial charge in [0.05, 0.1) is 27.9 Å². The molecule has 1 N–H and O–H groups in total. The number of phenolic OH excluding ortho intramolecular Hbond substituents is 1. The molecule has 5 nitrogen and oxygen atoms in total. The maximum Gasteiger partial charge on any atom is 0.149 e. The van der Waals surface area contributed by atoms with E-state index in [1.807, 2.05) is 42.6 Å². The predicted molar refractivity (Wildman–Crippen MR) is 282 cm³/mol. The fourth-order valence-corrected chi connectivity index (χ4v) is 9.78. The maximum absolute atomic E-state index is 12.0. The Labute approximate surface area is 414 Å². The van der Waals surface area contributed by atoms with Gasteiger partial charge in [-0.25, -0.2) is 4.98 Å². The predicted octanol–water partition coefficient (Wildman–Crippen LogP) is 17.1. The molecule has 0 radical (unpaired) electrons. The van der Waals surface area contributed by atoms with Gasteiger partial charge in [0.2, 0.25) is 0 Å². The first-order valence-electron chi connectivity index (χ1n) is 23.6. The van der Waals surface area contributed by atoms with E-state index in [1.54, 1.807) is 0 Å². The van der Waals surface area contributed by atoms with Crippen molar-refractivity contribution in [3.05, 3.63) is 180 Å². The fourth-order valence-electron chi connectivity index (χ4n) is 9.78. The largest absolute Gasteiger partial charge is 0.507 e. The molecule has 0 bridgehead atoms. The maximum atomic E-state index is 12.0. The Bertz CT molecular complexity index is 3610. The van der Waals surface area contributed by atoms with Crippen LogP contribution in [0.3, 0.4) is 0 Å². The molecule has 0 amide bonds. The van der Waals surface area contributed by atoms with Gasteiger partial charge in [0, 0.05) is 32.8 Å². The number of pyridine rings is 1. The quantitative estimate of drug-likeness (QED) is 0.138. The fraction of sp³-hybridized carbons (Fsp3) is 0.226. The van der Waals surface area contributed by atoms with Gasteiger partial charge in [0.15, 0.2) is 0 Å². The van der Waals surface area contributed by atoms with E-state index in [2.05, 4.69) is 194 Å². The minimum Gasteiger partial charge on any atom is -0.507 e. The van der Waals surface area contributed by atoms with Crippen molar-refractivity contribution in [1.82, 2.24) is 14.5 Å². The molecule has 0 aliphatic heterocycles.